The average molecular weight is 675 g/mol. The van der Waals surface area contributed by atoms with Crippen LogP contribution >= 0.6 is 34.2 Å². The van der Waals surface area contributed by atoms with Gasteiger partial charge in [0.2, 0.25) is 0 Å². The van der Waals surface area contributed by atoms with E-state index in [-0.39, 0.29) is 31.1 Å². The van der Waals surface area contributed by atoms with Gasteiger partial charge >= 0.3 is 24.1 Å². The molecule has 0 aromatic heterocycles. The van der Waals surface area contributed by atoms with Crippen LogP contribution in [0, 0.1) is 10.8 Å². The molecule has 0 unspecified atom stereocenters. The number of hydrogen-bond donors (Lipinski definition) is 2. The molecule has 2 saturated carbocycles. The fourth-order valence-corrected chi connectivity index (χ4v) is 4.91. The standard InChI is InChI=1S/C13H22ClNO4.C13H22INO4/c2*1-12(2,3)19-11(17)15-8-13(6-4-5-7-13)10(16)18-9-14/h2*4-9H2,1-3H3,(H,15,17). The van der Waals surface area contributed by atoms with Crippen LogP contribution in [0.15, 0.2) is 0 Å². The van der Waals surface area contributed by atoms with Gasteiger partial charge in [0.15, 0.2) is 6.07 Å². The van der Waals surface area contributed by atoms with Crippen molar-refractivity contribution in [2.45, 2.75) is 104 Å². The Bertz CT molecular complexity index is 732. The van der Waals surface area contributed by atoms with Gasteiger partial charge in [0.05, 0.1) is 10.8 Å². The quantitative estimate of drug-likeness (QED) is 0.143. The molecule has 2 aliphatic carbocycles. The Hall–Kier alpha value is -1.50. The second-order valence-electron chi connectivity index (χ2n) is 11.8. The molecule has 0 aliphatic heterocycles. The van der Waals surface area contributed by atoms with Crippen molar-refractivity contribution in [3.05, 3.63) is 0 Å². The van der Waals surface area contributed by atoms with Crippen molar-refractivity contribution in [3.63, 3.8) is 0 Å². The van der Waals surface area contributed by atoms with Crippen LogP contribution in [0.25, 0.3) is 0 Å². The van der Waals surface area contributed by atoms with Crippen molar-refractivity contribution in [1.82, 2.24) is 10.6 Å². The van der Waals surface area contributed by atoms with E-state index in [0.717, 1.165) is 38.5 Å². The smallest absolute Gasteiger partial charge is 0.407 e. The fourth-order valence-electron chi connectivity index (χ4n) is 4.53. The van der Waals surface area contributed by atoms with E-state index in [0.29, 0.717) is 17.5 Å². The van der Waals surface area contributed by atoms with E-state index in [1.165, 1.54) is 0 Å². The lowest BCUT2D eigenvalue weighted by Gasteiger charge is -2.27. The number of amides is 2. The van der Waals surface area contributed by atoms with Gasteiger partial charge in [0.1, 0.15) is 15.8 Å². The average Bonchev–Trinajstić information content (AvgIpc) is 3.46. The number of esters is 2. The maximum atomic E-state index is 12.0. The molecule has 0 aromatic carbocycles. The highest BCUT2D eigenvalue weighted by Crippen LogP contribution is 2.39. The number of alkyl carbamates (subject to hydrolysis) is 2. The van der Waals surface area contributed by atoms with Gasteiger partial charge in [-0.05, 0) is 89.8 Å². The van der Waals surface area contributed by atoms with Gasteiger partial charge in [-0.2, -0.15) is 0 Å². The molecule has 2 amide bonds. The Labute approximate surface area is 245 Å². The van der Waals surface area contributed by atoms with Crippen molar-refractivity contribution in [3.8, 4) is 0 Å². The van der Waals surface area contributed by atoms with Crippen molar-refractivity contribution in [2.24, 2.45) is 10.8 Å². The molecule has 0 atom stereocenters. The van der Waals surface area contributed by atoms with Crippen LogP contribution in [0.5, 0.6) is 0 Å². The number of alkyl halides is 2. The summed E-state index contributed by atoms with van der Waals surface area (Å²) in [5.74, 6) is -0.550. The zero-order valence-electron chi connectivity index (χ0n) is 23.5. The molecule has 2 N–H and O–H groups in total. The lowest BCUT2D eigenvalue weighted by molar-refractivity contribution is -0.153. The summed E-state index contributed by atoms with van der Waals surface area (Å²) < 4.78 is 20.7. The molecular weight excluding hydrogens is 631 g/mol. The van der Waals surface area contributed by atoms with E-state index in [4.69, 9.17) is 30.5 Å². The molecule has 12 heteroatoms. The largest absolute Gasteiger partial charge is 0.455 e. The number of carbonyl (C=O) groups excluding carboxylic acids is 4. The van der Waals surface area contributed by atoms with Crippen LogP contribution in [0.3, 0.4) is 0 Å². The molecule has 2 rings (SSSR count). The maximum Gasteiger partial charge on any atom is 0.407 e. The minimum atomic E-state index is -0.647. The van der Waals surface area contributed by atoms with Crippen LogP contribution in [-0.2, 0) is 28.5 Å². The Morgan fingerprint density at radius 3 is 1.34 bits per heavy atom. The molecule has 220 valence electrons. The van der Waals surface area contributed by atoms with E-state index >= 15 is 0 Å². The van der Waals surface area contributed by atoms with Crippen LogP contribution in [0.4, 0.5) is 9.59 Å². The van der Waals surface area contributed by atoms with E-state index in [2.05, 4.69) is 10.6 Å². The number of rotatable bonds is 8. The fraction of sp³-hybridized carbons (Fsp3) is 0.846. The first-order valence-corrected chi connectivity index (χ1v) is 15.0. The van der Waals surface area contributed by atoms with Crippen molar-refractivity contribution in [2.75, 3.05) is 23.8 Å². The minimum absolute atomic E-state index is 0.160. The summed E-state index contributed by atoms with van der Waals surface area (Å²) in [6.07, 6.45) is 5.83. The third kappa shape index (κ3) is 12.1. The molecule has 0 saturated heterocycles. The lowest BCUT2D eigenvalue weighted by Crippen LogP contribution is -2.43. The SMILES string of the molecule is CC(C)(C)OC(=O)NCC1(C(=O)OCCl)CCCC1.CC(C)(C)OC(=O)NCC1(C(=O)OCI)CCCC1. The number of hydrogen-bond acceptors (Lipinski definition) is 8. The summed E-state index contributed by atoms with van der Waals surface area (Å²) in [6.45, 7) is 11.3. The number of halogens is 2. The van der Waals surface area contributed by atoms with Crippen molar-refractivity contribution >= 4 is 58.3 Å². The van der Waals surface area contributed by atoms with Gasteiger partial charge in [0.25, 0.3) is 0 Å². The van der Waals surface area contributed by atoms with Gasteiger partial charge < -0.3 is 29.6 Å². The highest BCUT2D eigenvalue weighted by Gasteiger charge is 2.44. The number of carbonyl (C=O) groups is 4. The highest BCUT2D eigenvalue weighted by atomic mass is 127. The first kappa shape index (κ1) is 34.5. The number of ether oxygens (including phenoxy) is 4. The summed E-state index contributed by atoms with van der Waals surface area (Å²) >= 11 is 7.43. The van der Waals surface area contributed by atoms with Crippen molar-refractivity contribution < 1.29 is 38.1 Å². The van der Waals surface area contributed by atoms with Crippen molar-refractivity contribution in [1.29, 1.82) is 0 Å². The van der Waals surface area contributed by atoms with Gasteiger partial charge in [-0.1, -0.05) is 37.3 Å². The molecule has 0 spiro atoms. The van der Waals surface area contributed by atoms with E-state index in [1.54, 1.807) is 20.8 Å². The second-order valence-corrected chi connectivity index (χ2v) is 12.6. The summed E-state index contributed by atoms with van der Waals surface area (Å²) in [7, 11) is 0. The summed E-state index contributed by atoms with van der Waals surface area (Å²) in [5.41, 5.74) is -2.30. The summed E-state index contributed by atoms with van der Waals surface area (Å²) in [6, 6.07) is -0.160. The van der Waals surface area contributed by atoms with Gasteiger partial charge in [-0.25, -0.2) is 9.59 Å². The predicted molar refractivity (Wildman–Crippen MR) is 152 cm³/mol. The minimum Gasteiger partial charge on any atom is -0.455 e. The van der Waals surface area contributed by atoms with E-state index in [1.807, 2.05) is 43.4 Å². The molecule has 0 radical (unpaired) electrons. The van der Waals surface area contributed by atoms with E-state index < -0.39 is 34.2 Å². The predicted octanol–water partition coefficient (Wildman–Crippen LogP) is 5.82. The monoisotopic (exact) mass is 674 g/mol. The highest BCUT2D eigenvalue weighted by molar-refractivity contribution is 14.1. The number of nitrogens with one attached hydrogen (secondary N) is 2. The molecule has 38 heavy (non-hydrogen) atoms. The zero-order valence-corrected chi connectivity index (χ0v) is 26.4. The van der Waals surface area contributed by atoms with Gasteiger partial charge in [-0.15, -0.1) is 0 Å². The Balaban J connectivity index is 0.000000380. The molecular formula is C26H44ClIN2O8. The lowest BCUT2D eigenvalue weighted by atomic mass is 9.86. The normalized spacial score (nSPS) is 17.9. The second kappa shape index (κ2) is 15.3. The molecule has 0 heterocycles. The van der Waals surface area contributed by atoms with Crippen LogP contribution in [0.2, 0.25) is 0 Å². The molecule has 2 fully saturated rings. The van der Waals surface area contributed by atoms with Gasteiger partial charge in [-0.3, -0.25) is 9.59 Å². The molecule has 10 nitrogen and oxygen atoms in total. The first-order valence-electron chi connectivity index (χ1n) is 13.0. The third-order valence-electron chi connectivity index (χ3n) is 6.30. The molecule has 0 bridgehead atoms. The topological polar surface area (TPSA) is 129 Å². The Morgan fingerprint density at radius 1 is 0.711 bits per heavy atom. The van der Waals surface area contributed by atoms with Crippen LogP contribution < -0.4 is 10.6 Å². The molecule has 2 aliphatic rings. The third-order valence-corrected chi connectivity index (χ3v) is 6.72. The Kier molecular flexibility index (Phi) is 13.9. The summed E-state index contributed by atoms with van der Waals surface area (Å²) in [4.78, 5) is 47.3. The summed E-state index contributed by atoms with van der Waals surface area (Å²) in [5, 5.41) is 5.35. The zero-order chi connectivity index (χ0) is 29.0. The van der Waals surface area contributed by atoms with Crippen LogP contribution in [-0.4, -0.2) is 59.1 Å². The first-order chi connectivity index (χ1) is 17.6. The van der Waals surface area contributed by atoms with Crippen LogP contribution in [0.1, 0.15) is 92.9 Å². The molecule has 0 aromatic rings. The van der Waals surface area contributed by atoms with Gasteiger partial charge in [0, 0.05) is 13.1 Å². The van der Waals surface area contributed by atoms with E-state index in [9.17, 15) is 19.2 Å². The Morgan fingerprint density at radius 2 is 1.05 bits per heavy atom. The maximum absolute atomic E-state index is 12.0.